The number of rotatable bonds is 4. The number of carbonyl (C=O) groups is 2. The molecule has 6 heteroatoms. The minimum atomic E-state index is -0.321. The van der Waals surface area contributed by atoms with E-state index in [1.807, 2.05) is 0 Å². The second kappa shape index (κ2) is 7.29. The molecule has 0 aliphatic carbocycles. The molecule has 126 valence electrons. The number of halogens is 1. The van der Waals surface area contributed by atoms with Gasteiger partial charge in [-0.05, 0) is 25.0 Å². The van der Waals surface area contributed by atoms with Crippen LogP contribution >= 0.6 is 0 Å². The van der Waals surface area contributed by atoms with E-state index in [1.54, 1.807) is 29.2 Å². The summed E-state index contributed by atoms with van der Waals surface area (Å²) in [5.41, 5.74) is 0.996. The first-order valence-electron chi connectivity index (χ1n) is 7.98. The maximum atomic E-state index is 13.6. The highest BCUT2D eigenvalue weighted by molar-refractivity contribution is 5.94. The van der Waals surface area contributed by atoms with Crippen LogP contribution in [0.25, 0.3) is 0 Å². The van der Waals surface area contributed by atoms with E-state index < -0.39 is 0 Å². The Morgan fingerprint density at radius 1 is 1.21 bits per heavy atom. The third kappa shape index (κ3) is 3.64. The van der Waals surface area contributed by atoms with Crippen LogP contribution in [-0.4, -0.2) is 29.8 Å². The molecule has 1 saturated heterocycles. The van der Waals surface area contributed by atoms with Gasteiger partial charge in [-0.15, -0.1) is 0 Å². The molecule has 0 spiro atoms. The molecule has 1 fully saturated rings. The van der Waals surface area contributed by atoms with Crippen LogP contribution in [0.1, 0.15) is 28.8 Å². The first-order valence-corrected chi connectivity index (χ1v) is 7.98. The standard InChI is InChI=1S/C18H19FN2O3/c19-16-4-2-1-3-14(16)11-20-17(22)13-5-8-21(9-6-13)18(23)15-7-10-24-12-15/h1-4,7,10,12-13H,5-6,8-9,11H2,(H,20,22). The van der Waals surface area contributed by atoms with Crippen LogP contribution in [0.4, 0.5) is 4.39 Å². The van der Waals surface area contributed by atoms with Crippen LogP contribution in [0.2, 0.25) is 0 Å². The largest absolute Gasteiger partial charge is 0.472 e. The number of benzene rings is 1. The van der Waals surface area contributed by atoms with Crippen LogP contribution in [0, 0.1) is 11.7 Å². The molecule has 1 aromatic heterocycles. The lowest BCUT2D eigenvalue weighted by Gasteiger charge is -2.31. The van der Waals surface area contributed by atoms with Crippen molar-refractivity contribution in [1.82, 2.24) is 10.2 Å². The lowest BCUT2D eigenvalue weighted by Crippen LogP contribution is -2.42. The Bertz CT molecular complexity index is 707. The van der Waals surface area contributed by atoms with E-state index >= 15 is 0 Å². The van der Waals surface area contributed by atoms with Gasteiger partial charge in [-0.1, -0.05) is 18.2 Å². The van der Waals surface area contributed by atoms with E-state index in [0.717, 1.165) is 0 Å². The summed E-state index contributed by atoms with van der Waals surface area (Å²) in [5, 5.41) is 2.78. The third-order valence-corrected chi connectivity index (χ3v) is 4.33. The molecule has 1 aliphatic rings. The molecule has 1 aromatic carbocycles. The summed E-state index contributed by atoms with van der Waals surface area (Å²) in [4.78, 5) is 26.2. The topological polar surface area (TPSA) is 62.6 Å². The van der Waals surface area contributed by atoms with Gasteiger partial charge in [-0.3, -0.25) is 9.59 Å². The van der Waals surface area contributed by atoms with Crippen LogP contribution in [0.3, 0.4) is 0 Å². The van der Waals surface area contributed by atoms with E-state index in [9.17, 15) is 14.0 Å². The maximum absolute atomic E-state index is 13.6. The van der Waals surface area contributed by atoms with Crippen molar-refractivity contribution < 1.29 is 18.4 Å². The highest BCUT2D eigenvalue weighted by atomic mass is 19.1. The Hall–Kier alpha value is -2.63. The van der Waals surface area contributed by atoms with E-state index in [0.29, 0.717) is 37.1 Å². The summed E-state index contributed by atoms with van der Waals surface area (Å²) in [7, 11) is 0. The first-order chi connectivity index (χ1) is 11.6. The minimum Gasteiger partial charge on any atom is -0.472 e. The van der Waals surface area contributed by atoms with Gasteiger partial charge in [0, 0.05) is 31.1 Å². The van der Waals surface area contributed by atoms with Crippen molar-refractivity contribution in [2.24, 2.45) is 5.92 Å². The molecule has 0 atom stereocenters. The van der Waals surface area contributed by atoms with Crippen LogP contribution in [-0.2, 0) is 11.3 Å². The van der Waals surface area contributed by atoms with Crippen molar-refractivity contribution in [2.75, 3.05) is 13.1 Å². The molecular formula is C18H19FN2O3. The number of amides is 2. The van der Waals surface area contributed by atoms with Gasteiger partial charge in [0.25, 0.3) is 5.91 Å². The summed E-state index contributed by atoms with van der Waals surface area (Å²) in [6.07, 6.45) is 4.10. The summed E-state index contributed by atoms with van der Waals surface area (Å²) in [6.45, 7) is 1.24. The molecule has 0 bridgehead atoms. The lowest BCUT2D eigenvalue weighted by molar-refractivity contribution is -0.126. The fourth-order valence-electron chi connectivity index (χ4n) is 2.88. The number of likely N-dealkylation sites (tertiary alicyclic amines) is 1. The Morgan fingerprint density at radius 3 is 2.62 bits per heavy atom. The van der Waals surface area contributed by atoms with Gasteiger partial charge < -0.3 is 14.6 Å². The number of hydrogen-bond donors (Lipinski definition) is 1. The Kier molecular flexibility index (Phi) is 4.93. The lowest BCUT2D eigenvalue weighted by atomic mass is 9.95. The number of furan rings is 1. The van der Waals surface area contributed by atoms with Crippen molar-refractivity contribution in [3.63, 3.8) is 0 Å². The molecule has 1 N–H and O–H groups in total. The quantitative estimate of drug-likeness (QED) is 0.937. The van der Waals surface area contributed by atoms with E-state index in [4.69, 9.17) is 4.42 Å². The summed E-state index contributed by atoms with van der Waals surface area (Å²) in [6, 6.07) is 8.02. The normalized spacial score (nSPS) is 15.3. The van der Waals surface area contributed by atoms with Gasteiger partial charge in [0.05, 0.1) is 11.8 Å². The Balaban J connectivity index is 1.48. The van der Waals surface area contributed by atoms with E-state index in [-0.39, 0.29) is 30.1 Å². The van der Waals surface area contributed by atoms with Gasteiger partial charge >= 0.3 is 0 Å². The molecule has 1 aliphatic heterocycles. The number of carbonyl (C=O) groups excluding carboxylic acids is 2. The van der Waals surface area contributed by atoms with E-state index in [2.05, 4.69) is 5.32 Å². The van der Waals surface area contributed by atoms with Gasteiger partial charge in [0.1, 0.15) is 12.1 Å². The number of piperidine rings is 1. The Morgan fingerprint density at radius 2 is 1.96 bits per heavy atom. The maximum Gasteiger partial charge on any atom is 0.257 e. The zero-order chi connectivity index (χ0) is 16.9. The van der Waals surface area contributed by atoms with Crippen molar-refractivity contribution in [3.05, 3.63) is 59.8 Å². The van der Waals surface area contributed by atoms with Crippen molar-refractivity contribution >= 4 is 11.8 Å². The predicted molar refractivity (Wildman–Crippen MR) is 85.6 cm³/mol. The summed E-state index contributed by atoms with van der Waals surface area (Å²) < 4.78 is 18.5. The summed E-state index contributed by atoms with van der Waals surface area (Å²) in [5.74, 6) is -0.633. The predicted octanol–water partition coefficient (Wildman–Crippen LogP) is 2.59. The molecule has 2 heterocycles. The zero-order valence-corrected chi connectivity index (χ0v) is 13.2. The zero-order valence-electron chi connectivity index (χ0n) is 13.2. The molecule has 24 heavy (non-hydrogen) atoms. The molecule has 0 radical (unpaired) electrons. The fourth-order valence-corrected chi connectivity index (χ4v) is 2.88. The minimum absolute atomic E-state index is 0.0750. The van der Waals surface area contributed by atoms with Gasteiger partial charge in [-0.2, -0.15) is 0 Å². The number of nitrogens with one attached hydrogen (secondary N) is 1. The molecular weight excluding hydrogens is 311 g/mol. The molecule has 2 amide bonds. The SMILES string of the molecule is O=C(NCc1ccccc1F)C1CCN(C(=O)c2ccoc2)CC1. The monoisotopic (exact) mass is 330 g/mol. The van der Waals surface area contributed by atoms with E-state index in [1.165, 1.54) is 18.6 Å². The van der Waals surface area contributed by atoms with Crippen LogP contribution < -0.4 is 5.32 Å². The molecule has 3 rings (SSSR count). The average Bonchev–Trinajstić information content (AvgIpc) is 3.15. The van der Waals surface area contributed by atoms with Crippen molar-refractivity contribution in [2.45, 2.75) is 19.4 Å². The Labute approximate surface area is 139 Å². The molecule has 0 saturated carbocycles. The van der Waals surface area contributed by atoms with Gasteiger partial charge in [0.15, 0.2) is 0 Å². The number of nitrogens with zero attached hydrogens (tertiary/aromatic N) is 1. The average molecular weight is 330 g/mol. The van der Waals surface area contributed by atoms with Gasteiger partial charge in [0.2, 0.25) is 5.91 Å². The van der Waals surface area contributed by atoms with Crippen LogP contribution in [0.15, 0.2) is 47.3 Å². The molecule has 5 nitrogen and oxygen atoms in total. The highest BCUT2D eigenvalue weighted by Crippen LogP contribution is 2.19. The second-order valence-electron chi connectivity index (χ2n) is 5.89. The number of hydrogen-bond acceptors (Lipinski definition) is 3. The molecule has 2 aromatic rings. The second-order valence-corrected chi connectivity index (χ2v) is 5.89. The van der Waals surface area contributed by atoms with Crippen molar-refractivity contribution in [1.29, 1.82) is 0 Å². The smallest absolute Gasteiger partial charge is 0.257 e. The van der Waals surface area contributed by atoms with Crippen LogP contribution in [0.5, 0.6) is 0 Å². The summed E-state index contributed by atoms with van der Waals surface area (Å²) >= 11 is 0. The van der Waals surface area contributed by atoms with Crippen molar-refractivity contribution in [3.8, 4) is 0 Å². The molecule has 0 unspecified atom stereocenters. The highest BCUT2D eigenvalue weighted by Gasteiger charge is 2.28. The van der Waals surface area contributed by atoms with Gasteiger partial charge in [-0.25, -0.2) is 4.39 Å². The third-order valence-electron chi connectivity index (χ3n) is 4.33. The fraction of sp³-hybridized carbons (Fsp3) is 0.333. The first kappa shape index (κ1) is 16.2.